The Bertz CT molecular complexity index is 1400. The van der Waals surface area contributed by atoms with Crippen LogP contribution >= 0.6 is 0 Å². The molecule has 2 fully saturated rings. The molecular formula is C29H34N6O3. The third kappa shape index (κ3) is 5.05. The van der Waals surface area contributed by atoms with Crippen molar-refractivity contribution in [1.82, 2.24) is 25.2 Å². The zero-order valence-corrected chi connectivity index (χ0v) is 21.7. The van der Waals surface area contributed by atoms with Gasteiger partial charge < -0.3 is 29.6 Å². The minimum Gasteiger partial charge on any atom is -0.497 e. The van der Waals surface area contributed by atoms with Crippen molar-refractivity contribution in [2.75, 3.05) is 44.8 Å². The Morgan fingerprint density at radius 1 is 1.05 bits per heavy atom. The third-order valence-electron chi connectivity index (χ3n) is 7.78. The molecule has 4 aromatic rings. The molecule has 0 bridgehead atoms. The predicted molar refractivity (Wildman–Crippen MR) is 148 cm³/mol. The van der Waals surface area contributed by atoms with E-state index in [4.69, 9.17) is 9.47 Å². The maximum Gasteiger partial charge on any atom is 0.317 e. The van der Waals surface area contributed by atoms with Crippen LogP contribution in [0.15, 0.2) is 55.0 Å². The van der Waals surface area contributed by atoms with Crippen LogP contribution in [-0.2, 0) is 0 Å². The minimum absolute atomic E-state index is 0.0482. The highest BCUT2D eigenvalue weighted by Crippen LogP contribution is 2.32. The summed E-state index contributed by atoms with van der Waals surface area (Å²) in [6.07, 6.45) is 9.51. The van der Waals surface area contributed by atoms with E-state index >= 15 is 0 Å². The summed E-state index contributed by atoms with van der Waals surface area (Å²) in [5.74, 6) is 1.97. The van der Waals surface area contributed by atoms with Gasteiger partial charge in [0.15, 0.2) is 0 Å². The lowest BCUT2D eigenvalue weighted by molar-refractivity contribution is 0.134. The van der Waals surface area contributed by atoms with Crippen molar-refractivity contribution in [3.63, 3.8) is 0 Å². The topological polar surface area (TPSA) is 95.6 Å². The zero-order valence-electron chi connectivity index (χ0n) is 21.7. The molecule has 1 unspecified atom stereocenters. The van der Waals surface area contributed by atoms with Crippen LogP contribution in [0.4, 0.5) is 10.5 Å². The summed E-state index contributed by atoms with van der Waals surface area (Å²) >= 11 is 0. The molecule has 3 aromatic heterocycles. The van der Waals surface area contributed by atoms with Crippen LogP contribution in [0.1, 0.15) is 25.7 Å². The van der Waals surface area contributed by atoms with Crippen molar-refractivity contribution >= 4 is 33.7 Å². The summed E-state index contributed by atoms with van der Waals surface area (Å²) in [4.78, 5) is 29.7. The summed E-state index contributed by atoms with van der Waals surface area (Å²) in [7, 11) is 1.65. The van der Waals surface area contributed by atoms with Crippen LogP contribution < -0.4 is 19.7 Å². The number of ether oxygens (including phenoxy) is 2. The predicted octanol–water partition coefficient (Wildman–Crippen LogP) is 4.59. The van der Waals surface area contributed by atoms with Gasteiger partial charge in [-0.2, -0.15) is 0 Å². The highest BCUT2D eigenvalue weighted by molar-refractivity contribution is 6.09. The Labute approximate surface area is 222 Å². The molecule has 198 valence electrons. The minimum atomic E-state index is 0.0482. The number of nitrogens with one attached hydrogen (secondary N) is 2. The van der Waals surface area contributed by atoms with Crippen LogP contribution in [-0.4, -0.2) is 71.8 Å². The molecule has 2 saturated heterocycles. The molecule has 0 aliphatic carbocycles. The van der Waals surface area contributed by atoms with Crippen LogP contribution in [0.5, 0.6) is 11.5 Å². The first-order valence-corrected chi connectivity index (χ1v) is 13.5. The van der Waals surface area contributed by atoms with Crippen molar-refractivity contribution < 1.29 is 14.3 Å². The van der Waals surface area contributed by atoms with Crippen LogP contribution in [0.25, 0.3) is 21.9 Å². The molecule has 0 spiro atoms. The third-order valence-corrected chi connectivity index (χ3v) is 7.78. The number of pyridine rings is 2. The highest BCUT2D eigenvalue weighted by atomic mass is 16.5. The number of nitrogens with zero attached hydrogens (tertiary/aromatic N) is 4. The Morgan fingerprint density at radius 3 is 2.68 bits per heavy atom. The number of amides is 2. The number of carbonyl (C=O) groups is 1. The fraction of sp³-hybridized carbons (Fsp3) is 0.414. The highest BCUT2D eigenvalue weighted by Gasteiger charge is 2.28. The molecule has 2 N–H and O–H groups in total. The Kier molecular flexibility index (Phi) is 6.90. The van der Waals surface area contributed by atoms with Crippen LogP contribution in [0, 0.1) is 5.92 Å². The van der Waals surface area contributed by atoms with Gasteiger partial charge in [-0.15, -0.1) is 0 Å². The lowest BCUT2D eigenvalue weighted by atomic mass is 9.99. The largest absolute Gasteiger partial charge is 0.497 e. The standard InChI is InChI=1S/C29H34N6O3/c1-37-22-4-6-23(7-5-22)38-19-20-3-2-14-35(18-20)29(36)33-21-10-15-34(16-11-21)26-9-13-30-25-17-32-28-24(27(25)26)8-12-31-28/h4-9,12-13,17,20-21H,2-3,10-11,14-16,18-19H2,1H3,(H,31,32)(H,33,36). The lowest BCUT2D eigenvalue weighted by Gasteiger charge is -2.37. The van der Waals surface area contributed by atoms with Gasteiger partial charge >= 0.3 is 6.03 Å². The lowest BCUT2D eigenvalue weighted by Crippen LogP contribution is -2.52. The van der Waals surface area contributed by atoms with Crippen molar-refractivity contribution in [3.8, 4) is 11.5 Å². The van der Waals surface area contributed by atoms with E-state index in [1.807, 2.05) is 47.8 Å². The van der Waals surface area contributed by atoms with Gasteiger partial charge in [0.1, 0.15) is 17.1 Å². The Balaban J connectivity index is 1.02. The molecule has 5 heterocycles. The van der Waals surface area contributed by atoms with E-state index in [2.05, 4.69) is 37.3 Å². The SMILES string of the molecule is COc1ccc(OCC2CCCN(C(=O)NC3CCN(c4ccnc5cnc6[nH]ccc6c45)CC3)C2)cc1. The number of carbonyl (C=O) groups excluding carboxylic acids is 1. The van der Waals surface area contributed by atoms with E-state index in [9.17, 15) is 4.79 Å². The molecule has 2 aliphatic rings. The average Bonchev–Trinajstić information content (AvgIpc) is 3.46. The molecule has 9 heteroatoms. The molecule has 1 atom stereocenters. The quantitative estimate of drug-likeness (QED) is 0.391. The number of likely N-dealkylation sites (tertiary alicyclic amines) is 1. The second-order valence-electron chi connectivity index (χ2n) is 10.2. The maximum absolute atomic E-state index is 13.1. The summed E-state index contributed by atoms with van der Waals surface area (Å²) in [6.45, 7) is 3.91. The van der Waals surface area contributed by atoms with Crippen LogP contribution in [0.3, 0.4) is 0 Å². The number of H-pyrrole nitrogens is 1. The van der Waals surface area contributed by atoms with Gasteiger partial charge in [-0.25, -0.2) is 9.78 Å². The molecular weight excluding hydrogens is 480 g/mol. The van der Waals surface area contributed by atoms with Gasteiger partial charge in [-0.05, 0) is 62.1 Å². The zero-order chi connectivity index (χ0) is 25.9. The van der Waals surface area contributed by atoms with Gasteiger partial charge in [0.05, 0.1) is 25.4 Å². The number of aromatic amines is 1. The van der Waals surface area contributed by atoms with Gasteiger partial charge in [-0.3, -0.25) is 4.98 Å². The Hall–Kier alpha value is -4.01. The van der Waals surface area contributed by atoms with E-state index in [0.717, 1.165) is 85.3 Å². The van der Waals surface area contributed by atoms with Gasteiger partial charge in [0, 0.05) is 67.0 Å². The van der Waals surface area contributed by atoms with Crippen molar-refractivity contribution in [3.05, 3.63) is 55.0 Å². The first kappa shape index (κ1) is 24.3. The monoisotopic (exact) mass is 514 g/mol. The molecule has 1 aromatic carbocycles. The second kappa shape index (κ2) is 10.8. The molecule has 38 heavy (non-hydrogen) atoms. The van der Waals surface area contributed by atoms with E-state index in [0.29, 0.717) is 12.5 Å². The maximum atomic E-state index is 13.1. The number of hydrogen-bond donors (Lipinski definition) is 2. The summed E-state index contributed by atoms with van der Waals surface area (Å²) < 4.78 is 11.2. The number of urea groups is 1. The average molecular weight is 515 g/mol. The molecule has 0 saturated carbocycles. The summed E-state index contributed by atoms with van der Waals surface area (Å²) in [5.41, 5.74) is 2.96. The van der Waals surface area contributed by atoms with Crippen LogP contribution in [0.2, 0.25) is 0 Å². The van der Waals surface area contributed by atoms with Crippen molar-refractivity contribution in [2.24, 2.45) is 5.92 Å². The first-order valence-electron chi connectivity index (χ1n) is 13.5. The Morgan fingerprint density at radius 2 is 1.87 bits per heavy atom. The molecule has 6 rings (SSSR count). The first-order chi connectivity index (χ1) is 18.7. The molecule has 2 amide bonds. The van der Waals surface area contributed by atoms with E-state index in [-0.39, 0.29) is 12.1 Å². The van der Waals surface area contributed by atoms with E-state index in [1.54, 1.807) is 7.11 Å². The number of aromatic nitrogens is 3. The number of methoxy groups -OCH3 is 1. The smallest absolute Gasteiger partial charge is 0.317 e. The van der Waals surface area contributed by atoms with Crippen molar-refractivity contribution in [2.45, 2.75) is 31.7 Å². The number of fused-ring (bicyclic) bond motifs is 3. The number of anilines is 1. The molecule has 9 nitrogen and oxygen atoms in total. The van der Waals surface area contributed by atoms with Crippen molar-refractivity contribution in [1.29, 1.82) is 0 Å². The van der Waals surface area contributed by atoms with Gasteiger partial charge in [0.25, 0.3) is 0 Å². The number of hydrogen-bond acceptors (Lipinski definition) is 6. The summed E-state index contributed by atoms with van der Waals surface area (Å²) in [6, 6.07) is 12.0. The second-order valence-corrected chi connectivity index (χ2v) is 10.2. The summed E-state index contributed by atoms with van der Waals surface area (Å²) in [5, 5.41) is 5.54. The van der Waals surface area contributed by atoms with Gasteiger partial charge in [-0.1, -0.05) is 0 Å². The molecule has 0 radical (unpaired) electrons. The van der Waals surface area contributed by atoms with E-state index in [1.165, 1.54) is 5.69 Å². The fourth-order valence-corrected chi connectivity index (χ4v) is 5.70. The van der Waals surface area contributed by atoms with Gasteiger partial charge in [0.2, 0.25) is 0 Å². The van der Waals surface area contributed by atoms with E-state index < -0.39 is 0 Å². The number of benzene rings is 1. The number of piperidine rings is 2. The molecule has 2 aliphatic heterocycles. The number of rotatable bonds is 6. The normalized spacial score (nSPS) is 18.6. The fourth-order valence-electron chi connectivity index (χ4n) is 5.70.